The summed E-state index contributed by atoms with van der Waals surface area (Å²) in [7, 11) is 0. The van der Waals surface area contributed by atoms with Crippen molar-refractivity contribution in [1.29, 1.82) is 0 Å². The Hall–Kier alpha value is -1.06. The molecule has 0 aliphatic carbocycles. The van der Waals surface area contributed by atoms with E-state index in [1.165, 1.54) is 257 Å². The van der Waals surface area contributed by atoms with Gasteiger partial charge in [0.15, 0.2) is 0 Å². The molecule has 0 aliphatic heterocycles. The van der Waals surface area contributed by atoms with Gasteiger partial charge in [0.25, 0.3) is 0 Å². The lowest BCUT2D eigenvalue weighted by Gasteiger charge is -2.06. The van der Waals surface area contributed by atoms with Crippen LogP contribution in [0.15, 0.2) is 0 Å². The van der Waals surface area contributed by atoms with Crippen molar-refractivity contribution >= 4 is 11.9 Å². The highest BCUT2D eigenvalue weighted by Crippen LogP contribution is 2.17. The van der Waals surface area contributed by atoms with Gasteiger partial charge in [-0.25, -0.2) is 0 Å². The summed E-state index contributed by atoms with van der Waals surface area (Å²) in [5.41, 5.74) is 0. The zero-order chi connectivity index (χ0) is 40.5. The molecule has 0 saturated heterocycles. The van der Waals surface area contributed by atoms with E-state index >= 15 is 0 Å². The van der Waals surface area contributed by atoms with Crippen LogP contribution in [0.2, 0.25) is 0 Å². The number of rotatable bonds is 49. The van der Waals surface area contributed by atoms with Crippen molar-refractivity contribution in [3.63, 3.8) is 0 Å². The molecule has 0 aliphatic rings. The van der Waals surface area contributed by atoms with Gasteiger partial charge < -0.3 is 9.47 Å². The SMILES string of the molecule is CCCCCCCCCCCCCCCCC(=O)OCCCCCCCCCCCCCCCCCCOC(=O)CCCCCCCCCCCCCCCC. The van der Waals surface area contributed by atoms with Gasteiger partial charge in [0.2, 0.25) is 0 Å². The maximum absolute atomic E-state index is 12.0. The molecule has 0 atom stereocenters. The van der Waals surface area contributed by atoms with Gasteiger partial charge >= 0.3 is 11.9 Å². The number of hydrogen-bond acceptors (Lipinski definition) is 4. The highest BCUT2D eigenvalue weighted by atomic mass is 16.5. The van der Waals surface area contributed by atoms with E-state index in [4.69, 9.17) is 9.47 Å². The number of esters is 2. The largest absolute Gasteiger partial charge is 0.466 e. The van der Waals surface area contributed by atoms with Gasteiger partial charge in [-0.3, -0.25) is 9.59 Å². The topological polar surface area (TPSA) is 52.6 Å². The smallest absolute Gasteiger partial charge is 0.305 e. The molecular weight excluding hydrogens is 689 g/mol. The minimum Gasteiger partial charge on any atom is -0.466 e. The maximum atomic E-state index is 12.0. The average Bonchev–Trinajstić information content (AvgIpc) is 3.20. The second-order valence-electron chi connectivity index (χ2n) is 17.8. The molecule has 0 aromatic rings. The van der Waals surface area contributed by atoms with Crippen LogP contribution < -0.4 is 0 Å². The van der Waals surface area contributed by atoms with E-state index in [1.54, 1.807) is 0 Å². The van der Waals surface area contributed by atoms with Crippen molar-refractivity contribution in [2.45, 2.75) is 309 Å². The predicted octanol–water partition coefficient (Wildman–Crippen LogP) is 18.1. The Labute approximate surface area is 352 Å². The van der Waals surface area contributed by atoms with E-state index in [9.17, 15) is 9.59 Å². The van der Waals surface area contributed by atoms with Crippen LogP contribution in [0.25, 0.3) is 0 Å². The fourth-order valence-corrected chi connectivity index (χ4v) is 8.12. The van der Waals surface area contributed by atoms with Crippen LogP contribution in [0.4, 0.5) is 0 Å². The molecule has 0 aromatic carbocycles. The van der Waals surface area contributed by atoms with E-state index in [-0.39, 0.29) is 11.9 Å². The van der Waals surface area contributed by atoms with Gasteiger partial charge in [-0.1, -0.05) is 271 Å². The van der Waals surface area contributed by atoms with Crippen molar-refractivity contribution in [2.75, 3.05) is 13.2 Å². The number of carbonyl (C=O) groups is 2. The van der Waals surface area contributed by atoms with E-state index in [2.05, 4.69) is 13.8 Å². The van der Waals surface area contributed by atoms with E-state index < -0.39 is 0 Å². The molecule has 4 nitrogen and oxygen atoms in total. The summed E-state index contributed by atoms with van der Waals surface area (Å²) in [6, 6.07) is 0. The maximum Gasteiger partial charge on any atom is 0.305 e. The Morgan fingerprint density at radius 1 is 0.232 bits per heavy atom. The number of ether oxygens (including phenoxy) is 2. The zero-order valence-electron chi connectivity index (χ0n) is 38.6. The molecular formula is C52H102O4. The minimum atomic E-state index is 0.0174. The normalized spacial score (nSPS) is 11.4. The van der Waals surface area contributed by atoms with E-state index in [0.29, 0.717) is 26.1 Å². The first-order chi connectivity index (χ1) is 27.7. The van der Waals surface area contributed by atoms with Crippen molar-refractivity contribution < 1.29 is 19.1 Å². The summed E-state index contributed by atoms with van der Waals surface area (Å²) in [6.45, 7) is 5.81. The van der Waals surface area contributed by atoms with Gasteiger partial charge in [-0.05, 0) is 25.7 Å². The molecule has 0 aromatic heterocycles. The van der Waals surface area contributed by atoms with Crippen molar-refractivity contribution in [1.82, 2.24) is 0 Å². The molecule has 0 spiro atoms. The highest BCUT2D eigenvalue weighted by Gasteiger charge is 2.04. The summed E-state index contributed by atoms with van der Waals surface area (Å²) in [4.78, 5) is 24.0. The molecule has 0 fully saturated rings. The van der Waals surface area contributed by atoms with Crippen LogP contribution >= 0.6 is 0 Å². The Morgan fingerprint density at radius 3 is 0.589 bits per heavy atom. The minimum absolute atomic E-state index is 0.0174. The summed E-state index contributed by atoms with van der Waals surface area (Å²) in [5, 5.41) is 0. The standard InChI is InChI=1S/C52H102O4/c1-3-5-7-9-11-13-15-17-23-27-31-35-39-43-47-51(53)55-49-45-41-37-33-29-25-21-19-20-22-26-30-34-38-42-46-50-56-52(54)48-44-40-36-32-28-24-18-16-14-12-10-8-6-4-2/h3-50H2,1-2H3. The molecule has 0 N–H and O–H groups in total. The lowest BCUT2D eigenvalue weighted by Crippen LogP contribution is -2.05. The monoisotopic (exact) mass is 791 g/mol. The second-order valence-corrected chi connectivity index (χ2v) is 17.8. The van der Waals surface area contributed by atoms with Crippen LogP contribution in [0.3, 0.4) is 0 Å². The van der Waals surface area contributed by atoms with E-state index in [1.807, 2.05) is 0 Å². The van der Waals surface area contributed by atoms with Gasteiger partial charge in [0, 0.05) is 12.8 Å². The molecule has 0 saturated carbocycles. The molecule has 4 heteroatoms. The molecule has 0 unspecified atom stereocenters. The fourth-order valence-electron chi connectivity index (χ4n) is 8.12. The third kappa shape index (κ3) is 49.1. The third-order valence-corrected chi connectivity index (χ3v) is 12.0. The zero-order valence-corrected chi connectivity index (χ0v) is 38.6. The average molecular weight is 791 g/mol. The molecule has 0 rings (SSSR count). The van der Waals surface area contributed by atoms with Crippen molar-refractivity contribution in [3.8, 4) is 0 Å². The first-order valence-electron chi connectivity index (χ1n) is 26.0. The molecule has 0 amide bonds. The quantitative estimate of drug-likeness (QED) is 0.0455. The van der Waals surface area contributed by atoms with Gasteiger partial charge in [0.05, 0.1) is 13.2 Å². The summed E-state index contributed by atoms with van der Waals surface area (Å²) >= 11 is 0. The fraction of sp³-hybridized carbons (Fsp3) is 0.962. The Bertz CT molecular complexity index is 689. The Balaban J connectivity index is 3.19. The molecule has 0 radical (unpaired) electrons. The molecule has 0 bridgehead atoms. The summed E-state index contributed by atoms with van der Waals surface area (Å²) < 4.78 is 10.9. The predicted molar refractivity (Wildman–Crippen MR) is 246 cm³/mol. The number of carbonyl (C=O) groups excluding carboxylic acids is 2. The Morgan fingerprint density at radius 2 is 0.393 bits per heavy atom. The van der Waals surface area contributed by atoms with Crippen LogP contribution in [0, 0.1) is 0 Å². The lowest BCUT2D eigenvalue weighted by molar-refractivity contribution is -0.144. The van der Waals surface area contributed by atoms with Gasteiger partial charge in [-0.15, -0.1) is 0 Å². The lowest BCUT2D eigenvalue weighted by atomic mass is 10.0. The van der Waals surface area contributed by atoms with Gasteiger partial charge in [0.1, 0.15) is 0 Å². The van der Waals surface area contributed by atoms with Crippen LogP contribution in [0.5, 0.6) is 0 Å². The first kappa shape index (κ1) is 54.9. The van der Waals surface area contributed by atoms with E-state index in [0.717, 1.165) is 25.7 Å². The second kappa shape index (κ2) is 50.1. The summed E-state index contributed by atoms with van der Waals surface area (Å²) in [5.74, 6) is 0.0348. The Kier molecular flexibility index (Phi) is 49.1. The first-order valence-corrected chi connectivity index (χ1v) is 26.0. The number of hydrogen-bond donors (Lipinski definition) is 0. The molecule has 0 heterocycles. The number of unbranched alkanes of at least 4 members (excludes halogenated alkanes) is 41. The van der Waals surface area contributed by atoms with Crippen LogP contribution in [0.1, 0.15) is 309 Å². The third-order valence-electron chi connectivity index (χ3n) is 12.0. The van der Waals surface area contributed by atoms with Crippen molar-refractivity contribution in [2.24, 2.45) is 0 Å². The van der Waals surface area contributed by atoms with Crippen LogP contribution in [-0.4, -0.2) is 25.2 Å². The molecule has 56 heavy (non-hydrogen) atoms. The van der Waals surface area contributed by atoms with Crippen LogP contribution in [-0.2, 0) is 19.1 Å². The summed E-state index contributed by atoms with van der Waals surface area (Å²) in [6.07, 6.45) is 59.5. The molecule has 334 valence electrons. The highest BCUT2D eigenvalue weighted by molar-refractivity contribution is 5.69. The van der Waals surface area contributed by atoms with Gasteiger partial charge in [-0.2, -0.15) is 0 Å². The van der Waals surface area contributed by atoms with Crippen molar-refractivity contribution in [3.05, 3.63) is 0 Å².